The zero-order valence-corrected chi connectivity index (χ0v) is 7.33. The van der Waals surface area contributed by atoms with Crippen LogP contribution >= 0.6 is 0 Å². The standard InChI is InChI=1S/C10H15NO/c12-9-6-11-4-7-2-1-3-8(5-11)10(7)9/h7-8,10H,1-6H2/t7-,8+,10?. The van der Waals surface area contributed by atoms with Gasteiger partial charge in [-0.25, -0.2) is 0 Å². The monoisotopic (exact) mass is 165 g/mol. The van der Waals surface area contributed by atoms with E-state index < -0.39 is 0 Å². The molecule has 4 atom stereocenters. The fourth-order valence-electron chi connectivity index (χ4n) is 3.51. The topological polar surface area (TPSA) is 20.3 Å². The largest absolute Gasteiger partial charge is 0.298 e. The SMILES string of the molecule is O=C1CN2C[C@H]3CCC[C@@H](C2)C13. The van der Waals surface area contributed by atoms with Gasteiger partial charge in [-0.1, -0.05) is 6.42 Å². The molecule has 3 saturated heterocycles. The average molecular weight is 165 g/mol. The number of piperidine rings is 3. The molecular weight excluding hydrogens is 150 g/mol. The summed E-state index contributed by atoms with van der Waals surface area (Å²) in [6.45, 7) is 3.19. The van der Waals surface area contributed by atoms with Gasteiger partial charge in [0.25, 0.3) is 0 Å². The Morgan fingerprint density at radius 2 is 1.83 bits per heavy atom. The first-order chi connectivity index (χ1) is 5.84. The Kier molecular flexibility index (Phi) is 1.37. The second kappa shape index (κ2) is 2.32. The van der Waals surface area contributed by atoms with Gasteiger partial charge in [-0.3, -0.25) is 9.69 Å². The Bertz CT molecular complexity index is 212. The van der Waals surface area contributed by atoms with Crippen molar-refractivity contribution in [2.75, 3.05) is 19.6 Å². The molecule has 2 unspecified atom stereocenters. The number of Topliss-reactive ketones (excluding diaryl/α,β-unsaturated/α-hetero) is 1. The van der Waals surface area contributed by atoms with E-state index in [1.807, 2.05) is 0 Å². The molecule has 0 amide bonds. The predicted molar refractivity (Wildman–Crippen MR) is 45.8 cm³/mol. The van der Waals surface area contributed by atoms with Crippen LogP contribution < -0.4 is 0 Å². The number of ketones is 1. The van der Waals surface area contributed by atoms with Gasteiger partial charge in [0, 0.05) is 19.0 Å². The summed E-state index contributed by atoms with van der Waals surface area (Å²) < 4.78 is 0. The van der Waals surface area contributed by atoms with Crippen LogP contribution in [-0.4, -0.2) is 30.3 Å². The second-order valence-electron chi connectivity index (χ2n) is 4.64. The molecule has 1 aliphatic carbocycles. The first-order valence-electron chi connectivity index (χ1n) is 5.09. The molecule has 12 heavy (non-hydrogen) atoms. The van der Waals surface area contributed by atoms with Crippen molar-refractivity contribution >= 4 is 5.78 Å². The third-order valence-electron chi connectivity index (χ3n) is 3.90. The van der Waals surface area contributed by atoms with Gasteiger partial charge in [-0.2, -0.15) is 0 Å². The number of hydrogen-bond donors (Lipinski definition) is 0. The number of nitrogens with zero attached hydrogens (tertiary/aromatic N) is 1. The second-order valence-corrected chi connectivity index (χ2v) is 4.64. The summed E-state index contributed by atoms with van der Waals surface area (Å²) in [5.74, 6) is 2.49. The molecule has 4 fully saturated rings. The number of rotatable bonds is 0. The van der Waals surface area contributed by atoms with Gasteiger partial charge in [0.2, 0.25) is 0 Å². The summed E-state index contributed by atoms with van der Waals surface area (Å²) in [5, 5.41) is 0. The van der Waals surface area contributed by atoms with Gasteiger partial charge >= 0.3 is 0 Å². The highest BCUT2D eigenvalue weighted by atomic mass is 16.1. The van der Waals surface area contributed by atoms with Crippen molar-refractivity contribution in [3.05, 3.63) is 0 Å². The number of fused-ring (bicyclic) bond motifs is 1. The van der Waals surface area contributed by atoms with Crippen LogP contribution in [0.15, 0.2) is 0 Å². The number of carbonyl (C=O) groups excluding carboxylic acids is 1. The van der Waals surface area contributed by atoms with Crippen LogP contribution in [-0.2, 0) is 4.79 Å². The van der Waals surface area contributed by atoms with Crippen molar-refractivity contribution in [1.29, 1.82) is 0 Å². The highest BCUT2D eigenvalue weighted by Crippen LogP contribution is 2.43. The van der Waals surface area contributed by atoms with Gasteiger partial charge in [-0.05, 0) is 24.7 Å². The molecule has 3 aliphatic heterocycles. The van der Waals surface area contributed by atoms with Gasteiger partial charge in [0.05, 0.1) is 6.54 Å². The summed E-state index contributed by atoms with van der Waals surface area (Å²) in [6.07, 6.45) is 3.99. The Morgan fingerprint density at radius 3 is 2.33 bits per heavy atom. The third-order valence-corrected chi connectivity index (χ3v) is 3.90. The molecule has 0 aromatic heterocycles. The third kappa shape index (κ3) is 0.817. The summed E-state index contributed by atoms with van der Waals surface area (Å²) in [4.78, 5) is 14.0. The van der Waals surface area contributed by atoms with Crippen molar-refractivity contribution in [3.8, 4) is 0 Å². The lowest BCUT2D eigenvalue weighted by atomic mass is 9.64. The quantitative estimate of drug-likeness (QED) is 0.532. The van der Waals surface area contributed by atoms with Crippen LogP contribution in [0.5, 0.6) is 0 Å². The molecule has 4 aliphatic rings. The van der Waals surface area contributed by atoms with E-state index in [4.69, 9.17) is 0 Å². The first-order valence-corrected chi connectivity index (χ1v) is 5.09. The smallest absolute Gasteiger partial charge is 0.150 e. The molecule has 0 radical (unpaired) electrons. The van der Waals surface area contributed by atoms with Gasteiger partial charge in [0.15, 0.2) is 5.78 Å². The Hall–Kier alpha value is -0.370. The van der Waals surface area contributed by atoms with E-state index in [-0.39, 0.29) is 0 Å². The van der Waals surface area contributed by atoms with Gasteiger partial charge in [-0.15, -0.1) is 0 Å². The molecule has 0 N–H and O–H groups in total. The van der Waals surface area contributed by atoms with E-state index in [0.29, 0.717) is 11.7 Å². The van der Waals surface area contributed by atoms with E-state index in [1.54, 1.807) is 0 Å². The van der Waals surface area contributed by atoms with Crippen LogP contribution in [0.2, 0.25) is 0 Å². The highest BCUT2D eigenvalue weighted by Gasteiger charge is 2.47. The van der Waals surface area contributed by atoms with Crippen LogP contribution in [0.1, 0.15) is 19.3 Å². The van der Waals surface area contributed by atoms with E-state index in [2.05, 4.69) is 4.90 Å². The molecule has 4 rings (SSSR count). The highest BCUT2D eigenvalue weighted by molar-refractivity contribution is 5.85. The molecule has 66 valence electrons. The Morgan fingerprint density at radius 1 is 1.17 bits per heavy atom. The van der Waals surface area contributed by atoms with Gasteiger partial charge in [0.1, 0.15) is 0 Å². The summed E-state index contributed by atoms with van der Waals surface area (Å²) in [5.41, 5.74) is 0. The molecule has 0 aromatic carbocycles. The summed E-state index contributed by atoms with van der Waals surface area (Å²) >= 11 is 0. The van der Waals surface area contributed by atoms with Crippen molar-refractivity contribution in [2.24, 2.45) is 17.8 Å². The maximum Gasteiger partial charge on any atom is 0.150 e. The summed E-state index contributed by atoms with van der Waals surface area (Å²) in [6, 6.07) is 0. The molecule has 2 heteroatoms. The molecular formula is C10H15NO. The zero-order chi connectivity index (χ0) is 8.13. The minimum Gasteiger partial charge on any atom is -0.298 e. The van der Waals surface area contributed by atoms with E-state index in [0.717, 1.165) is 18.4 Å². The Labute approximate surface area is 72.9 Å². The van der Waals surface area contributed by atoms with E-state index in [9.17, 15) is 4.79 Å². The maximum absolute atomic E-state index is 11.6. The van der Waals surface area contributed by atoms with Crippen LogP contribution in [0.25, 0.3) is 0 Å². The lowest BCUT2D eigenvalue weighted by Crippen LogP contribution is -2.59. The fourth-order valence-corrected chi connectivity index (χ4v) is 3.51. The Balaban J connectivity index is 1.95. The van der Waals surface area contributed by atoms with Crippen LogP contribution in [0.3, 0.4) is 0 Å². The molecule has 3 heterocycles. The minimum atomic E-state index is 0.476. The minimum absolute atomic E-state index is 0.476. The van der Waals surface area contributed by atoms with Crippen molar-refractivity contribution in [3.63, 3.8) is 0 Å². The maximum atomic E-state index is 11.6. The number of hydrogen-bond acceptors (Lipinski definition) is 2. The fraction of sp³-hybridized carbons (Fsp3) is 0.900. The summed E-state index contributed by atoms with van der Waals surface area (Å²) in [7, 11) is 0. The van der Waals surface area contributed by atoms with Crippen LogP contribution in [0.4, 0.5) is 0 Å². The molecule has 2 nitrogen and oxygen atoms in total. The number of carbonyl (C=O) groups is 1. The van der Waals surface area contributed by atoms with E-state index >= 15 is 0 Å². The normalized spacial score (nSPS) is 51.2. The molecule has 0 aromatic rings. The lowest BCUT2D eigenvalue weighted by molar-refractivity contribution is -0.142. The van der Waals surface area contributed by atoms with Crippen molar-refractivity contribution < 1.29 is 4.79 Å². The van der Waals surface area contributed by atoms with E-state index in [1.165, 1.54) is 32.4 Å². The predicted octanol–water partition coefficient (Wildman–Crippen LogP) is 0.917. The lowest BCUT2D eigenvalue weighted by Gasteiger charge is -2.51. The first kappa shape index (κ1) is 7.07. The molecule has 1 saturated carbocycles. The van der Waals surface area contributed by atoms with Crippen molar-refractivity contribution in [1.82, 2.24) is 4.90 Å². The molecule has 4 bridgehead atoms. The zero-order valence-electron chi connectivity index (χ0n) is 7.33. The van der Waals surface area contributed by atoms with Crippen LogP contribution in [0, 0.1) is 17.8 Å². The average Bonchev–Trinajstić information content (AvgIpc) is 2.02. The van der Waals surface area contributed by atoms with Gasteiger partial charge < -0.3 is 0 Å². The molecule has 0 spiro atoms. The van der Waals surface area contributed by atoms with Crippen molar-refractivity contribution in [2.45, 2.75) is 19.3 Å².